The van der Waals surface area contributed by atoms with E-state index in [2.05, 4.69) is 10.3 Å². The molecule has 0 spiro atoms. The molecule has 1 rings (SSSR count). The molecule has 0 radical (unpaired) electrons. The van der Waals surface area contributed by atoms with Crippen molar-refractivity contribution < 1.29 is 29.3 Å². The number of pyridine rings is 1. The molecule has 0 bridgehead atoms. The lowest BCUT2D eigenvalue weighted by molar-refractivity contribution is -0.142. The third kappa shape index (κ3) is 5.21. The van der Waals surface area contributed by atoms with Crippen molar-refractivity contribution in [2.24, 2.45) is 0 Å². The van der Waals surface area contributed by atoms with E-state index in [-0.39, 0.29) is 5.56 Å². The van der Waals surface area contributed by atoms with Gasteiger partial charge in [0.05, 0.1) is 7.11 Å². The monoisotopic (exact) mass is 312 g/mol. The Hall–Kier alpha value is -2.35. The first-order chi connectivity index (χ1) is 10.1. The SMILES string of the molecule is COc1ccc([C@H](O)[C@@H](NC(=O)OC(C)(C)C)C(=O)O)cn1. The maximum Gasteiger partial charge on any atom is 0.408 e. The van der Waals surface area contributed by atoms with Gasteiger partial charge in [-0.3, -0.25) is 0 Å². The van der Waals surface area contributed by atoms with Crippen LogP contribution in [0.3, 0.4) is 0 Å². The molecule has 8 nitrogen and oxygen atoms in total. The molecular formula is C14H20N2O6. The number of hydrogen-bond donors (Lipinski definition) is 3. The second-order valence-electron chi connectivity index (χ2n) is 5.54. The summed E-state index contributed by atoms with van der Waals surface area (Å²) in [6, 6.07) is 1.37. The number of aliphatic hydroxyl groups excluding tert-OH is 1. The number of aromatic nitrogens is 1. The number of nitrogens with one attached hydrogen (secondary N) is 1. The first-order valence-electron chi connectivity index (χ1n) is 6.54. The molecule has 0 fully saturated rings. The second kappa shape index (κ2) is 7.08. The fraction of sp³-hybridized carbons (Fsp3) is 0.500. The van der Waals surface area contributed by atoms with Gasteiger partial charge in [0.15, 0.2) is 6.04 Å². The zero-order chi connectivity index (χ0) is 16.9. The van der Waals surface area contributed by atoms with Gasteiger partial charge in [0.2, 0.25) is 5.88 Å². The number of aliphatic hydroxyl groups is 1. The Morgan fingerprint density at radius 3 is 2.36 bits per heavy atom. The number of rotatable bonds is 5. The van der Waals surface area contributed by atoms with Crippen molar-refractivity contribution in [2.45, 2.75) is 38.5 Å². The molecule has 1 aromatic rings. The summed E-state index contributed by atoms with van der Waals surface area (Å²) in [5.74, 6) is -1.07. The summed E-state index contributed by atoms with van der Waals surface area (Å²) in [4.78, 5) is 26.8. The van der Waals surface area contributed by atoms with Crippen LogP contribution in [-0.2, 0) is 9.53 Å². The van der Waals surface area contributed by atoms with Gasteiger partial charge in [-0.15, -0.1) is 0 Å². The van der Waals surface area contributed by atoms with Crippen LogP contribution < -0.4 is 10.1 Å². The third-order valence-electron chi connectivity index (χ3n) is 2.56. The highest BCUT2D eigenvalue weighted by Gasteiger charge is 2.31. The summed E-state index contributed by atoms with van der Waals surface area (Å²) >= 11 is 0. The van der Waals surface area contributed by atoms with E-state index in [0.717, 1.165) is 0 Å². The van der Waals surface area contributed by atoms with Gasteiger partial charge in [0.1, 0.15) is 11.7 Å². The first kappa shape index (κ1) is 17.7. The maximum absolute atomic E-state index is 11.7. The second-order valence-corrected chi connectivity index (χ2v) is 5.54. The molecule has 122 valence electrons. The lowest BCUT2D eigenvalue weighted by Gasteiger charge is -2.24. The Bertz CT molecular complexity index is 523. The smallest absolute Gasteiger partial charge is 0.408 e. The number of amides is 1. The van der Waals surface area contributed by atoms with Gasteiger partial charge >= 0.3 is 12.1 Å². The lowest BCUT2D eigenvalue weighted by Crippen LogP contribution is -2.46. The number of ether oxygens (including phenoxy) is 2. The van der Waals surface area contributed by atoms with Crippen molar-refractivity contribution in [3.05, 3.63) is 23.9 Å². The molecule has 22 heavy (non-hydrogen) atoms. The normalized spacial score (nSPS) is 13.9. The highest BCUT2D eigenvalue weighted by Crippen LogP contribution is 2.19. The molecule has 0 aliphatic rings. The number of carboxylic acid groups (broad SMARTS) is 1. The van der Waals surface area contributed by atoms with Crippen molar-refractivity contribution in [1.29, 1.82) is 0 Å². The topological polar surface area (TPSA) is 118 Å². The van der Waals surface area contributed by atoms with Crippen LogP contribution in [0.1, 0.15) is 32.4 Å². The molecule has 0 saturated carbocycles. The molecule has 1 aromatic heterocycles. The molecule has 8 heteroatoms. The van der Waals surface area contributed by atoms with Gasteiger partial charge in [0, 0.05) is 17.8 Å². The van der Waals surface area contributed by atoms with Crippen LogP contribution in [0.4, 0.5) is 4.79 Å². The van der Waals surface area contributed by atoms with E-state index in [0.29, 0.717) is 5.88 Å². The van der Waals surface area contributed by atoms with Gasteiger partial charge in [-0.1, -0.05) is 0 Å². The molecule has 1 heterocycles. The maximum atomic E-state index is 11.7. The van der Waals surface area contributed by atoms with E-state index in [1.54, 1.807) is 20.8 Å². The van der Waals surface area contributed by atoms with E-state index in [1.807, 2.05) is 0 Å². The summed E-state index contributed by atoms with van der Waals surface area (Å²) in [6.07, 6.45) is -1.14. The van der Waals surface area contributed by atoms with Crippen molar-refractivity contribution in [3.63, 3.8) is 0 Å². The van der Waals surface area contributed by atoms with E-state index in [1.165, 1.54) is 25.4 Å². The van der Waals surface area contributed by atoms with Crippen LogP contribution in [0.5, 0.6) is 5.88 Å². The average Bonchev–Trinajstić information content (AvgIpc) is 2.42. The van der Waals surface area contributed by atoms with Crippen molar-refractivity contribution >= 4 is 12.1 Å². The number of aliphatic carboxylic acids is 1. The van der Waals surface area contributed by atoms with E-state index < -0.39 is 29.8 Å². The quantitative estimate of drug-likeness (QED) is 0.745. The third-order valence-corrected chi connectivity index (χ3v) is 2.56. The van der Waals surface area contributed by atoms with Gasteiger partial charge in [-0.25, -0.2) is 14.6 Å². The average molecular weight is 312 g/mol. The molecular weight excluding hydrogens is 292 g/mol. The van der Waals surface area contributed by atoms with Crippen molar-refractivity contribution in [3.8, 4) is 5.88 Å². The molecule has 0 unspecified atom stereocenters. The Kier molecular flexibility index (Phi) is 5.69. The number of carboxylic acids is 1. The fourth-order valence-corrected chi connectivity index (χ4v) is 1.59. The Balaban J connectivity index is 2.85. The molecule has 0 aromatic carbocycles. The number of alkyl carbamates (subject to hydrolysis) is 1. The van der Waals surface area contributed by atoms with Gasteiger partial charge in [-0.2, -0.15) is 0 Å². The van der Waals surface area contributed by atoms with Gasteiger partial charge in [-0.05, 0) is 26.8 Å². The Morgan fingerprint density at radius 1 is 1.32 bits per heavy atom. The van der Waals surface area contributed by atoms with Crippen molar-refractivity contribution in [2.75, 3.05) is 7.11 Å². The van der Waals surface area contributed by atoms with Gasteiger partial charge < -0.3 is 25.0 Å². The van der Waals surface area contributed by atoms with Crippen LogP contribution in [0, 0.1) is 0 Å². The Labute approximate surface area is 128 Å². The summed E-state index contributed by atoms with van der Waals surface area (Å²) in [5.41, 5.74) is -0.552. The number of carbonyl (C=O) groups excluding carboxylic acids is 1. The molecule has 0 saturated heterocycles. The summed E-state index contributed by atoms with van der Waals surface area (Å²) in [5, 5.41) is 21.4. The van der Waals surface area contributed by atoms with Crippen LogP contribution >= 0.6 is 0 Å². The van der Waals surface area contributed by atoms with Crippen LogP contribution in [-0.4, -0.2) is 46.0 Å². The predicted molar refractivity (Wildman–Crippen MR) is 76.5 cm³/mol. The first-order valence-corrected chi connectivity index (χ1v) is 6.54. The lowest BCUT2D eigenvalue weighted by atomic mass is 10.0. The molecule has 3 N–H and O–H groups in total. The van der Waals surface area contributed by atoms with E-state index in [4.69, 9.17) is 9.47 Å². The zero-order valence-corrected chi connectivity index (χ0v) is 12.9. The molecule has 1 amide bonds. The van der Waals surface area contributed by atoms with Crippen LogP contribution in [0.25, 0.3) is 0 Å². The predicted octanol–water partition coefficient (Wildman–Crippen LogP) is 1.10. The number of hydrogen-bond acceptors (Lipinski definition) is 6. The highest BCUT2D eigenvalue weighted by molar-refractivity contribution is 5.80. The minimum absolute atomic E-state index is 0.226. The minimum Gasteiger partial charge on any atom is -0.481 e. The van der Waals surface area contributed by atoms with Crippen molar-refractivity contribution in [1.82, 2.24) is 10.3 Å². The van der Waals surface area contributed by atoms with E-state index in [9.17, 15) is 19.8 Å². The molecule has 0 aliphatic carbocycles. The zero-order valence-electron chi connectivity index (χ0n) is 12.9. The van der Waals surface area contributed by atoms with E-state index >= 15 is 0 Å². The Morgan fingerprint density at radius 2 is 1.95 bits per heavy atom. The minimum atomic E-state index is -1.56. The molecule has 2 atom stereocenters. The largest absolute Gasteiger partial charge is 0.481 e. The summed E-state index contributed by atoms with van der Waals surface area (Å²) in [6.45, 7) is 4.94. The standard InChI is InChI=1S/C14H20N2O6/c1-14(2,3)22-13(20)16-10(12(18)19)11(17)8-5-6-9(21-4)15-7-8/h5-7,10-11,17H,1-4H3,(H,16,20)(H,18,19)/t10-,11+/m1/s1. The van der Waals surface area contributed by atoms with Gasteiger partial charge in [0.25, 0.3) is 0 Å². The van der Waals surface area contributed by atoms with Crippen LogP contribution in [0.15, 0.2) is 18.3 Å². The number of nitrogens with zero attached hydrogens (tertiary/aromatic N) is 1. The highest BCUT2D eigenvalue weighted by atomic mass is 16.6. The summed E-state index contributed by atoms with van der Waals surface area (Å²) < 4.78 is 9.86. The number of methoxy groups -OCH3 is 1. The molecule has 0 aliphatic heterocycles. The van der Waals surface area contributed by atoms with Crippen LogP contribution in [0.2, 0.25) is 0 Å². The number of carbonyl (C=O) groups is 2. The summed E-state index contributed by atoms with van der Waals surface area (Å²) in [7, 11) is 1.43. The fourth-order valence-electron chi connectivity index (χ4n) is 1.59.